The number of carbonyl (C=O) groups is 4. The van der Waals surface area contributed by atoms with E-state index < -0.39 is 29.6 Å². The number of amides is 3. The molecule has 0 aromatic heterocycles. The molecule has 1 aromatic rings. The maximum absolute atomic E-state index is 12.3. The lowest BCUT2D eigenvalue weighted by Crippen LogP contribution is -2.39. The summed E-state index contributed by atoms with van der Waals surface area (Å²) in [6.45, 7) is -0.221. The number of rotatable bonds is 8. The topological polar surface area (TPSA) is 113 Å². The van der Waals surface area contributed by atoms with E-state index in [-0.39, 0.29) is 24.3 Å². The van der Waals surface area contributed by atoms with Gasteiger partial charge in [0.2, 0.25) is 5.91 Å². The Bertz CT molecular complexity index is 744. The Morgan fingerprint density at radius 1 is 1.27 bits per heavy atom. The molecular weight excluding hydrogens is 360 g/mol. The number of carboxylic acid groups (broad SMARTS) is 1. The number of hydrogen-bond donors (Lipinski definition) is 2. The van der Waals surface area contributed by atoms with Crippen LogP contribution in [0.4, 0.5) is 4.79 Å². The minimum Gasteiger partial charge on any atom is -0.497 e. The smallest absolute Gasteiger partial charge is 0.303 e. The SMILES string of the molecule is COc1ccc(/C=C2\SC(=O)N(CC(=O)NCCCC(=O)O)C2=O)cc1. The summed E-state index contributed by atoms with van der Waals surface area (Å²) in [5.41, 5.74) is 0.731. The van der Waals surface area contributed by atoms with Gasteiger partial charge in [0.15, 0.2) is 0 Å². The van der Waals surface area contributed by atoms with E-state index in [0.29, 0.717) is 5.75 Å². The number of imide groups is 1. The molecule has 3 amide bonds. The molecule has 9 heteroatoms. The molecule has 0 atom stereocenters. The van der Waals surface area contributed by atoms with Crippen molar-refractivity contribution < 1.29 is 29.0 Å². The molecule has 1 aliphatic rings. The standard InChI is InChI=1S/C17H18N2O6S/c1-25-12-6-4-11(5-7-12)9-13-16(23)19(17(24)26-13)10-14(20)18-8-2-3-15(21)22/h4-7,9H,2-3,8,10H2,1H3,(H,18,20)(H,21,22)/b13-9-. The molecule has 0 unspecified atom stereocenters. The Morgan fingerprint density at radius 3 is 2.58 bits per heavy atom. The van der Waals surface area contributed by atoms with Crippen molar-refractivity contribution in [2.24, 2.45) is 0 Å². The number of methoxy groups -OCH3 is 1. The summed E-state index contributed by atoms with van der Waals surface area (Å²) in [6.07, 6.45) is 1.79. The first-order valence-corrected chi connectivity index (χ1v) is 8.60. The largest absolute Gasteiger partial charge is 0.497 e. The van der Waals surface area contributed by atoms with Crippen molar-refractivity contribution in [2.75, 3.05) is 20.2 Å². The van der Waals surface area contributed by atoms with Gasteiger partial charge in [-0.05, 0) is 42.0 Å². The fourth-order valence-corrected chi connectivity index (χ4v) is 2.99. The molecule has 1 aliphatic heterocycles. The average molecular weight is 378 g/mol. The summed E-state index contributed by atoms with van der Waals surface area (Å²) in [5, 5.41) is 10.5. The van der Waals surface area contributed by atoms with Gasteiger partial charge in [0.25, 0.3) is 11.1 Å². The maximum Gasteiger partial charge on any atom is 0.303 e. The van der Waals surface area contributed by atoms with Crippen molar-refractivity contribution in [2.45, 2.75) is 12.8 Å². The monoisotopic (exact) mass is 378 g/mol. The van der Waals surface area contributed by atoms with Crippen LogP contribution in [0.15, 0.2) is 29.2 Å². The Morgan fingerprint density at radius 2 is 1.96 bits per heavy atom. The minimum atomic E-state index is -0.950. The van der Waals surface area contributed by atoms with Gasteiger partial charge < -0.3 is 15.2 Å². The number of hydrogen-bond acceptors (Lipinski definition) is 6. The lowest BCUT2D eigenvalue weighted by Gasteiger charge is -2.12. The van der Waals surface area contributed by atoms with Gasteiger partial charge >= 0.3 is 5.97 Å². The van der Waals surface area contributed by atoms with Gasteiger partial charge in [-0.25, -0.2) is 0 Å². The zero-order valence-electron chi connectivity index (χ0n) is 14.1. The third-order valence-corrected chi connectivity index (χ3v) is 4.39. The minimum absolute atomic E-state index is 0.0630. The van der Waals surface area contributed by atoms with Crippen LogP contribution in [-0.2, 0) is 14.4 Å². The van der Waals surface area contributed by atoms with Crippen LogP contribution >= 0.6 is 11.8 Å². The predicted octanol–water partition coefficient (Wildman–Crippen LogP) is 1.71. The number of thioether (sulfide) groups is 1. The number of aliphatic carboxylic acids is 1. The highest BCUT2D eigenvalue weighted by atomic mass is 32.2. The molecule has 138 valence electrons. The number of ether oxygens (including phenoxy) is 1. The zero-order valence-corrected chi connectivity index (χ0v) is 14.9. The first-order chi connectivity index (χ1) is 12.4. The van der Waals surface area contributed by atoms with Crippen molar-refractivity contribution in [3.63, 3.8) is 0 Å². The van der Waals surface area contributed by atoms with E-state index in [2.05, 4.69) is 5.32 Å². The molecule has 1 aromatic carbocycles. The van der Waals surface area contributed by atoms with Gasteiger partial charge in [-0.15, -0.1) is 0 Å². The number of carbonyl (C=O) groups excluding carboxylic acids is 3. The summed E-state index contributed by atoms with van der Waals surface area (Å²) in [5.74, 6) is -1.32. The van der Waals surface area contributed by atoms with E-state index in [4.69, 9.17) is 9.84 Å². The summed E-state index contributed by atoms with van der Waals surface area (Å²) < 4.78 is 5.06. The molecule has 0 saturated carbocycles. The van der Waals surface area contributed by atoms with Gasteiger partial charge in [-0.2, -0.15) is 0 Å². The number of nitrogens with zero attached hydrogens (tertiary/aromatic N) is 1. The van der Waals surface area contributed by atoms with E-state index in [0.717, 1.165) is 22.2 Å². The molecule has 0 aliphatic carbocycles. The number of carboxylic acids is 1. The van der Waals surface area contributed by atoms with Crippen LogP contribution in [0.2, 0.25) is 0 Å². The predicted molar refractivity (Wildman–Crippen MR) is 95.6 cm³/mol. The Labute approximate surface area is 154 Å². The van der Waals surface area contributed by atoms with Crippen molar-refractivity contribution in [1.29, 1.82) is 0 Å². The van der Waals surface area contributed by atoms with Gasteiger partial charge in [0, 0.05) is 13.0 Å². The van der Waals surface area contributed by atoms with E-state index in [1.54, 1.807) is 37.5 Å². The van der Waals surface area contributed by atoms with Gasteiger partial charge in [-0.1, -0.05) is 12.1 Å². The van der Waals surface area contributed by atoms with Crippen LogP contribution in [0, 0.1) is 0 Å². The molecule has 0 bridgehead atoms. The quantitative estimate of drug-likeness (QED) is 0.523. The summed E-state index contributed by atoms with van der Waals surface area (Å²) in [7, 11) is 1.55. The molecule has 1 heterocycles. The molecule has 2 N–H and O–H groups in total. The number of nitrogens with one attached hydrogen (secondary N) is 1. The zero-order chi connectivity index (χ0) is 19.1. The lowest BCUT2D eigenvalue weighted by molar-refractivity contribution is -0.137. The van der Waals surface area contributed by atoms with Crippen molar-refractivity contribution in [1.82, 2.24) is 10.2 Å². The molecule has 0 radical (unpaired) electrons. The molecule has 26 heavy (non-hydrogen) atoms. The first kappa shape index (κ1) is 19.5. The average Bonchev–Trinajstić information content (AvgIpc) is 2.87. The highest BCUT2D eigenvalue weighted by molar-refractivity contribution is 8.18. The Hall–Kier alpha value is -2.81. The second kappa shape index (κ2) is 9.04. The van der Waals surface area contributed by atoms with Crippen LogP contribution in [0.25, 0.3) is 6.08 Å². The highest BCUT2D eigenvalue weighted by Gasteiger charge is 2.36. The van der Waals surface area contributed by atoms with Gasteiger partial charge in [-0.3, -0.25) is 24.1 Å². The first-order valence-electron chi connectivity index (χ1n) is 7.78. The second-order valence-corrected chi connectivity index (χ2v) is 6.38. The second-order valence-electron chi connectivity index (χ2n) is 5.39. The van der Waals surface area contributed by atoms with E-state index >= 15 is 0 Å². The van der Waals surface area contributed by atoms with Crippen LogP contribution < -0.4 is 10.1 Å². The van der Waals surface area contributed by atoms with E-state index in [9.17, 15) is 19.2 Å². The third kappa shape index (κ3) is 5.35. The van der Waals surface area contributed by atoms with E-state index in [1.165, 1.54) is 0 Å². The van der Waals surface area contributed by atoms with Crippen LogP contribution in [0.1, 0.15) is 18.4 Å². The normalized spacial score (nSPS) is 15.4. The third-order valence-electron chi connectivity index (χ3n) is 3.48. The van der Waals surface area contributed by atoms with E-state index in [1.807, 2.05) is 0 Å². The molecular formula is C17H18N2O6S. The molecule has 1 saturated heterocycles. The maximum atomic E-state index is 12.3. The Balaban J connectivity index is 1.93. The highest BCUT2D eigenvalue weighted by Crippen LogP contribution is 2.32. The molecule has 0 spiro atoms. The molecule has 2 rings (SSSR count). The lowest BCUT2D eigenvalue weighted by atomic mass is 10.2. The Kier molecular flexibility index (Phi) is 6.79. The van der Waals surface area contributed by atoms with Crippen LogP contribution in [0.3, 0.4) is 0 Å². The fraction of sp³-hybridized carbons (Fsp3) is 0.294. The summed E-state index contributed by atoms with van der Waals surface area (Å²) >= 11 is 0.770. The van der Waals surface area contributed by atoms with Crippen molar-refractivity contribution in [3.8, 4) is 5.75 Å². The van der Waals surface area contributed by atoms with Crippen LogP contribution in [-0.4, -0.2) is 53.2 Å². The van der Waals surface area contributed by atoms with Crippen LogP contribution in [0.5, 0.6) is 5.75 Å². The number of benzene rings is 1. The van der Waals surface area contributed by atoms with Crippen molar-refractivity contribution >= 4 is 40.9 Å². The summed E-state index contributed by atoms with van der Waals surface area (Å²) in [4.78, 5) is 47.7. The molecule has 1 fully saturated rings. The van der Waals surface area contributed by atoms with Gasteiger partial charge in [0.1, 0.15) is 12.3 Å². The van der Waals surface area contributed by atoms with Gasteiger partial charge in [0.05, 0.1) is 12.0 Å². The fourth-order valence-electron chi connectivity index (χ4n) is 2.15. The molecule has 8 nitrogen and oxygen atoms in total. The summed E-state index contributed by atoms with van der Waals surface area (Å²) in [6, 6.07) is 6.98. The van der Waals surface area contributed by atoms with Crippen molar-refractivity contribution in [3.05, 3.63) is 34.7 Å².